The summed E-state index contributed by atoms with van der Waals surface area (Å²) in [4.78, 5) is 20.0. The molecule has 0 spiro atoms. The maximum absolute atomic E-state index is 13.0. The highest BCUT2D eigenvalue weighted by molar-refractivity contribution is 7.13. The van der Waals surface area contributed by atoms with Gasteiger partial charge in [-0.3, -0.25) is 4.79 Å². The summed E-state index contributed by atoms with van der Waals surface area (Å²) in [5.74, 6) is 1.91. The maximum Gasteiger partial charge on any atom is 0.263 e. The summed E-state index contributed by atoms with van der Waals surface area (Å²) >= 11 is 1.55. The average molecular weight is 414 g/mol. The van der Waals surface area contributed by atoms with E-state index in [1.54, 1.807) is 23.2 Å². The quantitative estimate of drug-likeness (QED) is 0.517. The zero-order valence-corrected chi connectivity index (χ0v) is 18.3. The van der Waals surface area contributed by atoms with Crippen LogP contribution >= 0.6 is 11.3 Å². The van der Waals surface area contributed by atoms with Crippen LogP contribution in [0.3, 0.4) is 0 Å². The lowest BCUT2D eigenvalue weighted by molar-refractivity contribution is -0.138. The summed E-state index contributed by atoms with van der Waals surface area (Å²) in [6.07, 6.45) is -0.617. The van der Waals surface area contributed by atoms with Crippen LogP contribution in [0.1, 0.15) is 50.6 Å². The van der Waals surface area contributed by atoms with Crippen molar-refractivity contribution in [2.24, 2.45) is 0 Å². The van der Waals surface area contributed by atoms with E-state index < -0.39 is 6.10 Å². The lowest BCUT2D eigenvalue weighted by atomic mass is 10.0. The van der Waals surface area contributed by atoms with Gasteiger partial charge in [0.05, 0.1) is 4.88 Å². The van der Waals surface area contributed by atoms with E-state index >= 15 is 0 Å². The Kier molecular flexibility index (Phi) is 6.69. The fourth-order valence-electron chi connectivity index (χ4n) is 3.05. The lowest BCUT2D eigenvalue weighted by Crippen LogP contribution is -2.40. The Morgan fingerprint density at radius 3 is 2.72 bits per heavy atom. The van der Waals surface area contributed by atoms with Gasteiger partial charge >= 0.3 is 0 Å². The molecule has 0 aliphatic carbocycles. The van der Waals surface area contributed by atoms with E-state index in [2.05, 4.69) is 36.1 Å². The second-order valence-corrected chi connectivity index (χ2v) is 8.25. The van der Waals surface area contributed by atoms with Gasteiger partial charge in [-0.05, 0) is 55.3 Å². The predicted octanol–water partition coefficient (Wildman–Crippen LogP) is 5.05. The second-order valence-electron chi connectivity index (χ2n) is 7.30. The third-order valence-corrected chi connectivity index (χ3v) is 5.54. The third-order valence-electron chi connectivity index (χ3n) is 4.67. The number of nitrogens with zero attached hydrogens (tertiary/aromatic N) is 3. The number of carbonyl (C=O) groups excluding carboxylic acids is 1. The molecule has 0 fully saturated rings. The van der Waals surface area contributed by atoms with Crippen LogP contribution in [0, 0.1) is 6.92 Å². The first-order valence-electron chi connectivity index (χ1n) is 9.81. The standard InChI is InChI=1S/C22H27N3O3S/c1-6-25(13-20-23-21(24-28-20)19-8-7-11-29-19)22(26)16(5)27-18-12-15(4)9-10-17(18)14(2)3/h7-12,14,16H,6,13H2,1-5H3/t16-/m1/s1. The number of aryl methyl sites for hydroxylation is 1. The summed E-state index contributed by atoms with van der Waals surface area (Å²) < 4.78 is 11.4. The molecule has 0 bridgehead atoms. The summed E-state index contributed by atoms with van der Waals surface area (Å²) in [6.45, 7) is 10.7. The van der Waals surface area contributed by atoms with Gasteiger partial charge in [-0.1, -0.05) is 37.2 Å². The van der Waals surface area contributed by atoms with E-state index in [1.807, 2.05) is 37.4 Å². The van der Waals surface area contributed by atoms with Gasteiger partial charge in [0.15, 0.2) is 6.10 Å². The molecule has 0 aliphatic heterocycles. The minimum atomic E-state index is -0.617. The van der Waals surface area contributed by atoms with Crippen molar-refractivity contribution < 1.29 is 14.1 Å². The van der Waals surface area contributed by atoms with Crippen molar-refractivity contribution in [3.05, 3.63) is 52.7 Å². The van der Waals surface area contributed by atoms with Gasteiger partial charge in [-0.2, -0.15) is 4.98 Å². The smallest absolute Gasteiger partial charge is 0.263 e. The highest BCUT2D eigenvalue weighted by atomic mass is 32.1. The molecule has 0 saturated carbocycles. The largest absolute Gasteiger partial charge is 0.481 e. The molecule has 7 heteroatoms. The van der Waals surface area contributed by atoms with E-state index in [1.165, 1.54) is 0 Å². The molecule has 3 aromatic rings. The molecule has 1 aromatic carbocycles. The number of carbonyl (C=O) groups is 1. The topological polar surface area (TPSA) is 68.5 Å². The molecular formula is C22H27N3O3S. The van der Waals surface area contributed by atoms with Crippen LogP contribution in [-0.2, 0) is 11.3 Å². The summed E-state index contributed by atoms with van der Waals surface area (Å²) in [5, 5.41) is 5.98. The fourth-order valence-corrected chi connectivity index (χ4v) is 3.70. The SMILES string of the molecule is CCN(Cc1nc(-c2cccs2)no1)C(=O)[C@@H](C)Oc1cc(C)ccc1C(C)C. The van der Waals surface area contributed by atoms with Crippen LogP contribution < -0.4 is 4.74 Å². The molecule has 154 valence electrons. The van der Waals surface area contributed by atoms with Crippen LogP contribution in [0.2, 0.25) is 0 Å². The number of aromatic nitrogens is 2. The molecule has 0 aliphatic rings. The van der Waals surface area contributed by atoms with Crippen molar-refractivity contribution in [3.63, 3.8) is 0 Å². The average Bonchev–Trinajstić information content (AvgIpc) is 3.37. The van der Waals surface area contributed by atoms with Gasteiger partial charge in [0, 0.05) is 6.54 Å². The molecule has 0 saturated heterocycles. The van der Waals surface area contributed by atoms with Crippen LogP contribution in [0.15, 0.2) is 40.2 Å². The Labute approximate surface area is 175 Å². The number of benzene rings is 1. The van der Waals surface area contributed by atoms with Gasteiger partial charge in [-0.15, -0.1) is 11.3 Å². The molecule has 1 amide bonds. The van der Waals surface area contributed by atoms with Crippen molar-refractivity contribution in [2.75, 3.05) is 6.54 Å². The predicted molar refractivity (Wildman–Crippen MR) is 114 cm³/mol. The molecule has 1 atom stereocenters. The van der Waals surface area contributed by atoms with Gasteiger partial charge in [0.2, 0.25) is 11.7 Å². The Hall–Kier alpha value is -2.67. The van der Waals surface area contributed by atoms with Crippen molar-refractivity contribution >= 4 is 17.2 Å². The molecule has 3 rings (SSSR count). The molecular weight excluding hydrogens is 386 g/mol. The number of hydrogen-bond donors (Lipinski definition) is 0. The minimum absolute atomic E-state index is 0.111. The van der Waals surface area contributed by atoms with E-state index in [4.69, 9.17) is 9.26 Å². The van der Waals surface area contributed by atoms with Gasteiger partial charge in [0.25, 0.3) is 5.91 Å². The first kappa shape index (κ1) is 21.0. The summed E-state index contributed by atoms with van der Waals surface area (Å²) in [5.41, 5.74) is 2.19. The van der Waals surface area contributed by atoms with Crippen molar-refractivity contribution in [1.29, 1.82) is 0 Å². The van der Waals surface area contributed by atoms with Gasteiger partial charge in [0.1, 0.15) is 12.3 Å². The van der Waals surface area contributed by atoms with Crippen molar-refractivity contribution in [1.82, 2.24) is 15.0 Å². The van der Waals surface area contributed by atoms with Crippen LogP contribution in [-0.4, -0.2) is 33.6 Å². The maximum atomic E-state index is 13.0. The van der Waals surface area contributed by atoms with E-state index in [9.17, 15) is 4.79 Å². The molecule has 0 radical (unpaired) electrons. The summed E-state index contributed by atoms with van der Waals surface area (Å²) in [6, 6.07) is 9.99. The van der Waals surface area contributed by atoms with Crippen molar-refractivity contribution in [2.45, 2.75) is 53.2 Å². The van der Waals surface area contributed by atoms with Crippen LogP contribution in [0.4, 0.5) is 0 Å². The Morgan fingerprint density at radius 1 is 1.28 bits per heavy atom. The second kappa shape index (κ2) is 9.22. The monoisotopic (exact) mass is 413 g/mol. The lowest BCUT2D eigenvalue weighted by Gasteiger charge is -2.25. The zero-order chi connectivity index (χ0) is 21.0. The minimum Gasteiger partial charge on any atom is -0.481 e. The van der Waals surface area contributed by atoms with Gasteiger partial charge < -0.3 is 14.2 Å². The summed E-state index contributed by atoms with van der Waals surface area (Å²) in [7, 11) is 0. The van der Waals surface area contributed by atoms with E-state index in [-0.39, 0.29) is 12.5 Å². The first-order valence-corrected chi connectivity index (χ1v) is 10.7. The van der Waals surface area contributed by atoms with Crippen LogP contribution in [0.5, 0.6) is 5.75 Å². The molecule has 2 aromatic heterocycles. The molecule has 0 N–H and O–H groups in total. The van der Waals surface area contributed by atoms with E-state index in [0.717, 1.165) is 21.8 Å². The fraction of sp³-hybridized carbons (Fsp3) is 0.409. The highest BCUT2D eigenvalue weighted by Gasteiger charge is 2.24. The Morgan fingerprint density at radius 2 is 2.07 bits per heavy atom. The third kappa shape index (κ3) is 5.03. The number of amides is 1. The number of ether oxygens (including phenoxy) is 1. The Balaban J connectivity index is 1.70. The molecule has 29 heavy (non-hydrogen) atoms. The first-order chi connectivity index (χ1) is 13.9. The molecule has 0 unspecified atom stereocenters. The number of likely N-dealkylation sites (N-methyl/N-ethyl adjacent to an activating group) is 1. The van der Waals surface area contributed by atoms with E-state index in [0.29, 0.717) is 24.2 Å². The zero-order valence-electron chi connectivity index (χ0n) is 17.5. The van der Waals surface area contributed by atoms with Crippen LogP contribution in [0.25, 0.3) is 10.7 Å². The molecule has 6 nitrogen and oxygen atoms in total. The Bertz CT molecular complexity index is 950. The molecule has 2 heterocycles. The normalized spacial score (nSPS) is 12.2. The highest BCUT2D eigenvalue weighted by Crippen LogP contribution is 2.28. The van der Waals surface area contributed by atoms with Crippen molar-refractivity contribution in [3.8, 4) is 16.5 Å². The number of thiophene rings is 1. The van der Waals surface area contributed by atoms with Gasteiger partial charge in [-0.25, -0.2) is 0 Å². The number of rotatable bonds is 8. The number of hydrogen-bond acceptors (Lipinski definition) is 6.